The minimum Gasteiger partial charge on any atom is -0.492 e. The highest BCUT2D eigenvalue weighted by atomic mass is 16.3. The molecule has 0 fully saturated rings. The second kappa shape index (κ2) is 7.60. The minimum absolute atomic E-state index is 0.00554. The first-order chi connectivity index (χ1) is 14.6. The number of rotatable bonds is 5. The number of benzene rings is 1. The Morgan fingerprint density at radius 2 is 1.83 bits per heavy atom. The molecule has 12 nitrogen and oxygen atoms in total. The van der Waals surface area contributed by atoms with Gasteiger partial charge >= 0.3 is 0 Å². The molecular formula is C18H12N10O2. The zero-order valence-electron chi connectivity index (χ0n) is 15.2. The number of primary amides is 1. The Morgan fingerprint density at radius 3 is 2.50 bits per heavy atom. The predicted molar refractivity (Wildman–Crippen MR) is 102 cm³/mol. The van der Waals surface area contributed by atoms with Gasteiger partial charge in [-0.25, -0.2) is 9.97 Å². The molecule has 4 rings (SSSR count). The number of hydrogen-bond donors (Lipinski definition) is 2. The van der Waals surface area contributed by atoms with Gasteiger partial charge in [-0.1, -0.05) is 18.2 Å². The van der Waals surface area contributed by atoms with Crippen molar-refractivity contribution in [1.82, 2.24) is 29.5 Å². The Morgan fingerprint density at radius 1 is 1.10 bits per heavy atom. The van der Waals surface area contributed by atoms with Gasteiger partial charge < -0.3 is 10.8 Å². The van der Waals surface area contributed by atoms with Crippen molar-refractivity contribution in [2.75, 3.05) is 0 Å². The van der Waals surface area contributed by atoms with E-state index >= 15 is 0 Å². The van der Waals surface area contributed by atoms with Crippen molar-refractivity contribution in [2.45, 2.75) is 0 Å². The molecule has 0 saturated carbocycles. The fourth-order valence-corrected chi connectivity index (χ4v) is 2.57. The molecule has 146 valence electrons. The quantitative estimate of drug-likeness (QED) is 0.481. The van der Waals surface area contributed by atoms with Crippen molar-refractivity contribution in [2.24, 2.45) is 16.0 Å². The fourth-order valence-electron chi connectivity index (χ4n) is 2.57. The van der Waals surface area contributed by atoms with E-state index in [9.17, 15) is 15.2 Å². The topological polar surface area (TPSA) is 173 Å². The number of nitriles is 1. The number of azo groups is 1. The number of para-hydroxylation sites is 1. The van der Waals surface area contributed by atoms with E-state index in [-0.39, 0.29) is 28.7 Å². The van der Waals surface area contributed by atoms with Crippen molar-refractivity contribution < 1.29 is 9.90 Å². The molecule has 3 N–H and O–H groups in total. The Balaban J connectivity index is 1.83. The van der Waals surface area contributed by atoms with Crippen LogP contribution in [0.5, 0.6) is 5.88 Å². The van der Waals surface area contributed by atoms with Gasteiger partial charge in [0, 0.05) is 12.4 Å². The lowest BCUT2D eigenvalue weighted by Gasteiger charge is -2.02. The first-order valence-electron chi connectivity index (χ1n) is 8.44. The van der Waals surface area contributed by atoms with Crippen molar-refractivity contribution in [3.63, 3.8) is 0 Å². The smallest absolute Gasteiger partial charge is 0.271 e. The Hall–Kier alpha value is -4.92. The van der Waals surface area contributed by atoms with Gasteiger partial charge in [-0.3, -0.25) is 4.79 Å². The molecule has 0 unspecified atom stereocenters. The zero-order valence-corrected chi connectivity index (χ0v) is 15.2. The standard InChI is InChI=1S/C18H12N10O2/c19-9-11-10-23-28(18-21-7-4-8-22-18)16(11)25-24-14-13(15(20)29)26-27(17(14)30)12-5-2-1-3-6-12/h1-8,10,30H,(H2,20,29). The van der Waals surface area contributed by atoms with Crippen molar-refractivity contribution >= 4 is 17.4 Å². The summed E-state index contributed by atoms with van der Waals surface area (Å²) in [4.78, 5) is 20.0. The van der Waals surface area contributed by atoms with Crippen LogP contribution in [0.3, 0.4) is 0 Å². The summed E-state index contributed by atoms with van der Waals surface area (Å²) in [6.07, 6.45) is 4.27. The maximum Gasteiger partial charge on any atom is 0.271 e. The molecule has 0 aliphatic rings. The van der Waals surface area contributed by atoms with Crippen LogP contribution in [-0.4, -0.2) is 40.5 Å². The van der Waals surface area contributed by atoms with Crippen LogP contribution in [0.25, 0.3) is 11.6 Å². The summed E-state index contributed by atoms with van der Waals surface area (Å²) in [7, 11) is 0. The lowest BCUT2D eigenvalue weighted by Crippen LogP contribution is -2.12. The van der Waals surface area contributed by atoms with E-state index in [1.54, 1.807) is 36.4 Å². The SMILES string of the molecule is N#Cc1cnn(-c2ncccn2)c1N=Nc1c(C(N)=O)nn(-c2ccccc2)c1O. The summed E-state index contributed by atoms with van der Waals surface area (Å²) in [5, 5.41) is 35.9. The third-order valence-corrected chi connectivity index (χ3v) is 3.92. The van der Waals surface area contributed by atoms with Crippen LogP contribution < -0.4 is 5.73 Å². The van der Waals surface area contributed by atoms with Crippen molar-refractivity contribution in [1.29, 1.82) is 5.26 Å². The highest BCUT2D eigenvalue weighted by Crippen LogP contribution is 2.34. The number of aromatic hydroxyl groups is 1. The molecule has 0 bridgehead atoms. The normalized spacial score (nSPS) is 10.9. The maximum absolute atomic E-state index is 11.8. The van der Waals surface area contributed by atoms with Crippen LogP contribution in [0, 0.1) is 11.3 Å². The van der Waals surface area contributed by atoms with E-state index in [2.05, 4.69) is 30.4 Å². The molecule has 0 atom stereocenters. The van der Waals surface area contributed by atoms with E-state index in [1.807, 2.05) is 6.07 Å². The molecule has 0 saturated heterocycles. The van der Waals surface area contributed by atoms with Gasteiger partial charge in [-0.05, 0) is 18.2 Å². The van der Waals surface area contributed by atoms with Crippen LogP contribution in [0.1, 0.15) is 16.1 Å². The first kappa shape index (κ1) is 18.4. The molecule has 0 aliphatic carbocycles. The maximum atomic E-state index is 11.8. The lowest BCUT2D eigenvalue weighted by atomic mass is 10.3. The summed E-state index contributed by atoms with van der Waals surface area (Å²) in [5.74, 6) is -1.19. The largest absolute Gasteiger partial charge is 0.492 e. The fraction of sp³-hybridized carbons (Fsp3) is 0. The van der Waals surface area contributed by atoms with Gasteiger partial charge in [0.15, 0.2) is 17.2 Å². The second-order valence-electron chi connectivity index (χ2n) is 5.79. The van der Waals surface area contributed by atoms with Crippen LogP contribution in [0.2, 0.25) is 0 Å². The number of amides is 1. The molecular weight excluding hydrogens is 388 g/mol. The van der Waals surface area contributed by atoms with Gasteiger partial charge in [-0.2, -0.15) is 24.8 Å². The molecule has 3 aromatic heterocycles. The molecule has 0 aliphatic heterocycles. The average Bonchev–Trinajstić information content (AvgIpc) is 3.34. The summed E-state index contributed by atoms with van der Waals surface area (Å²) in [6, 6.07) is 12.2. The number of nitrogens with zero attached hydrogens (tertiary/aromatic N) is 9. The second-order valence-corrected chi connectivity index (χ2v) is 5.79. The number of hydrogen-bond acceptors (Lipinski definition) is 9. The van der Waals surface area contributed by atoms with Crippen LogP contribution in [-0.2, 0) is 0 Å². The third kappa shape index (κ3) is 3.22. The third-order valence-electron chi connectivity index (χ3n) is 3.92. The summed E-state index contributed by atoms with van der Waals surface area (Å²) < 4.78 is 2.31. The van der Waals surface area contributed by atoms with E-state index in [1.165, 1.54) is 23.3 Å². The monoisotopic (exact) mass is 400 g/mol. The van der Waals surface area contributed by atoms with Crippen molar-refractivity contribution in [3.8, 4) is 23.6 Å². The van der Waals surface area contributed by atoms with Gasteiger partial charge in [0.05, 0.1) is 11.9 Å². The lowest BCUT2D eigenvalue weighted by molar-refractivity contribution is 0.0995. The van der Waals surface area contributed by atoms with Crippen LogP contribution >= 0.6 is 0 Å². The highest BCUT2D eigenvalue weighted by molar-refractivity contribution is 5.97. The van der Waals surface area contributed by atoms with Gasteiger partial charge in [-0.15, -0.1) is 10.2 Å². The van der Waals surface area contributed by atoms with Gasteiger partial charge in [0.25, 0.3) is 11.9 Å². The number of nitrogens with two attached hydrogens (primary N) is 1. The predicted octanol–water partition coefficient (Wildman–Crippen LogP) is 1.94. The molecule has 3 heterocycles. The van der Waals surface area contributed by atoms with Crippen LogP contribution in [0.15, 0.2) is 65.2 Å². The van der Waals surface area contributed by atoms with Gasteiger partial charge in [0.1, 0.15) is 11.6 Å². The number of aromatic nitrogens is 6. The molecule has 0 radical (unpaired) electrons. The molecule has 1 amide bonds. The average molecular weight is 400 g/mol. The van der Waals surface area contributed by atoms with E-state index in [0.29, 0.717) is 5.69 Å². The summed E-state index contributed by atoms with van der Waals surface area (Å²) in [6.45, 7) is 0. The number of carbonyl (C=O) groups is 1. The van der Waals surface area contributed by atoms with Crippen molar-refractivity contribution in [3.05, 3.63) is 66.2 Å². The zero-order chi connectivity index (χ0) is 21.1. The van der Waals surface area contributed by atoms with E-state index < -0.39 is 11.8 Å². The van der Waals surface area contributed by atoms with E-state index in [4.69, 9.17) is 5.73 Å². The summed E-state index contributed by atoms with van der Waals surface area (Å²) >= 11 is 0. The summed E-state index contributed by atoms with van der Waals surface area (Å²) in [5.41, 5.74) is 5.41. The Kier molecular flexibility index (Phi) is 4.67. The molecule has 12 heteroatoms. The first-order valence-corrected chi connectivity index (χ1v) is 8.44. The Bertz CT molecular complexity index is 1290. The molecule has 1 aromatic carbocycles. The number of carbonyl (C=O) groups excluding carboxylic acids is 1. The van der Waals surface area contributed by atoms with Gasteiger partial charge in [0.2, 0.25) is 5.88 Å². The molecule has 0 spiro atoms. The molecule has 30 heavy (non-hydrogen) atoms. The highest BCUT2D eigenvalue weighted by Gasteiger charge is 2.23. The van der Waals surface area contributed by atoms with E-state index in [0.717, 1.165) is 4.68 Å². The minimum atomic E-state index is -0.908. The Labute approximate surface area is 168 Å². The molecule has 4 aromatic rings. The van der Waals surface area contributed by atoms with Crippen LogP contribution in [0.4, 0.5) is 11.5 Å².